The maximum Gasteiger partial charge on any atom is 0.0263 e. The molecule has 0 aromatic heterocycles. The molecule has 0 radical (unpaired) electrons. The zero-order valence-electron chi connectivity index (χ0n) is 11.6. The lowest BCUT2D eigenvalue weighted by atomic mass is 9.76. The highest BCUT2D eigenvalue weighted by Gasteiger charge is 2.33. The summed E-state index contributed by atoms with van der Waals surface area (Å²) in [6, 6.07) is 0. The Morgan fingerprint density at radius 3 is 2.59 bits per heavy atom. The molecule has 0 N–H and O–H groups in total. The van der Waals surface area contributed by atoms with Crippen molar-refractivity contribution in [3.05, 3.63) is 47.1 Å². The maximum absolute atomic E-state index is 2.46. The third kappa shape index (κ3) is 2.18. The molecule has 2 aliphatic rings. The number of allylic oxidation sites excluding steroid dienone is 8. The van der Waals surface area contributed by atoms with E-state index in [9.17, 15) is 0 Å². The van der Waals surface area contributed by atoms with Crippen molar-refractivity contribution < 1.29 is 0 Å². The van der Waals surface area contributed by atoms with Gasteiger partial charge in [0.2, 0.25) is 0 Å². The van der Waals surface area contributed by atoms with Crippen LogP contribution >= 0.6 is 0 Å². The minimum atomic E-state index is 0.165. The first-order chi connectivity index (χ1) is 8.10. The maximum atomic E-state index is 2.46. The van der Waals surface area contributed by atoms with E-state index in [1.807, 2.05) is 0 Å². The zero-order chi connectivity index (χ0) is 12.5. The molecule has 0 aromatic carbocycles. The molecule has 2 atom stereocenters. The molecule has 0 heteroatoms. The van der Waals surface area contributed by atoms with Crippen LogP contribution in [0.4, 0.5) is 0 Å². The van der Waals surface area contributed by atoms with E-state index in [4.69, 9.17) is 0 Å². The van der Waals surface area contributed by atoms with Crippen molar-refractivity contribution in [1.82, 2.24) is 0 Å². The van der Waals surface area contributed by atoms with Gasteiger partial charge in [-0.05, 0) is 36.8 Å². The van der Waals surface area contributed by atoms with Crippen LogP contribution in [-0.2, 0) is 0 Å². The van der Waals surface area contributed by atoms with Crippen LogP contribution in [0.25, 0.3) is 0 Å². The smallest absolute Gasteiger partial charge is 0.0263 e. The summed E-state index contributed by atoms with van der Waals surface area (Å²) in [6.07, 6.45) is 15.5. The molecular formula is C17H24. The highest BCUT2D eigenvalue weighted by atomic mass is 14.4. The third-order valence-electron chi connectivity index (χ3n) is 4.02. The second-order valence-corrected chi connectivity index (χ2v) is 5.53. The molecule has 0 bridgehead atoms. The minimum Gasteiger partial charge on any atom is -0.0773 e. The van der Waals surface area contributed by atoms with E-state index in [0.717, 1.165) is 6.42 Å². The predicted molar refractivity (Wildman–Crippen MR) is 75.9 cm³/mol. The fourth-order valence-corrected chi connectivity index (χ4v) is 3.21. The van der Waals surface area contributed by atoms with Gasteiger partial charge >= 0.3 is 0 Å². The van der Waals surface area contributed by atoms with Gasteiger partial charge in [-0.15, -0.1) is 0 Å². The molecule has 0 heterocycles. The van der Waals surface area contributed by atoms with Crippen molar-refractivity contribution in [2.24, 2.45) is 11.3 Å². The standard InChI is InChI=1S/C17H24/c1-5-7-15-9-8-13(3)16(15)17(4)11-10-14(6-2)12-17/h8-13H,5-7H2,1-4H3. The molecule has 0 amide bonds. The van der Waals surface area contributed by atoms with Gasteiger partial charge in [-0.1, -0.05) is 63.1 Å². The Hall–Kier alpha value is -1.04. The van der Waals surface area contributed by atoms with Crippen molar-refractivity contribution in [2.45, 2.75) is 47.0 Å². The van der Waals surface area contributed by atoms with Crippen molar-refractivity contribution in [2.75, 3.05) is 0 Å². The van der Waals surface area contributed by atoms with Crippen LogP contribution in [0.5, 0.6) is 0 Å². The van der Waals surface area contributed by atoms with E-state index in [2.05, 4.69) is 58.1 Å². The van der Waals surface area contributed by atoms with Crippen molar-refractivity contribution in [1.29, 1.82) is 0 Å². The Bertz CT molecular complexity index is 417. The Balaban J connectivity index is 2.37. The third-order valence-corrected chi connectivity index (χ3v) is 4.02. The molecule has 17 heavy (non-hydrogen) atoms. The zero-order valence-corrected chi connectivity index (χ0v) is 11.6. The molecule has 92 valence electrons. The molecule has 2 aliphatic carbocycles. The van der Waals surface area contributed by atoms with Gasteiger partial charge < -0.3 is 0 Å². The van der Waals surface area contributed by atoms with Crippen molar-refractivity contribution in [3.63, 3.8) is 0 Å². The predicted octanol–water partition coefficient (Wildman–Crippen LogP) is 5.20. The Kier molecular flexibility index (Phi) is 3.42. The van der Waals surface area contributed by atoms with Crippen LogP contribution < -0.4 is 0 Å². The molecule has 2 rings (SSSR count). The summed E-state index contributed by atoms with van der Waals surface area (Å²) >= 11 is 0. The largest absolute Gasteiger partial charge is 0.0773 e. The van der Waals surface area contributed by atoms with E-state index < -0.39 is 0 Å². The topological polar surface area (TPSA) is 0 Å². The first kappa shape index (κ1) is 12.4. The molecule has 0 nitrogen and oxygen atoms in total. The lowest BCUT2D eigenvalue weighted by molar-refractivity contribution is 0.590. The Morgan fingerprint density at radius 2 is 2.00 bits per heavy atom. The Labute approximate surface area is 106 Å². The second-order valence-electron chi connectivity index (χ2n) is 5.53. The normalized spacial score (nSPS) is 31.5. The van der Waals surface area contributed by atoms with Crippen LogP contribution in [-0.4, -0.2) is 0 Å². The summed E-state index contributed by atoms with van der Waals surface area (Å²) in [5, 5.41) is 0. The van der Waals surface area contributed by atoms with Gasteiger partial charge in [-0.3, -0.25) is 0 Å². The van der Waals surface area contributed by atoms with Crippen LogP contribution in [0.2, 0.25) is 0 Å². The first-order valence-corrected chi connectivity index (χ1v) is 6.93. The van der Waals surface area contributed by atoms with E-state index in [1.54, 1.807) is 11.1 Å². The number of rotatable bonds is 4. The number of hydrogen-bond donors (Lipinski definition) is 0. The lowest BCUT2D eigenvalue weighted by Gasteiger charge is -2.27. The van der Waals surface area contributed by atoms with Crippen molar-refractivity contribution in [3.8, 4) is 0 Å². The first-order valence-electron chi connectivity index (χ1n) is 6.93. The summed E-state index contributed by atoms with van der Waals surface area (Å²) in [6.45, 7) is 9.19. The molecule has 0 fully saturated rings. The van der Waals surface area contributed by atoms with Gasteiger partial charge in [0.1, 0.15) is 0 Å². The summed E-state index contributed by atoms with van der Waals surface area (Å²) < 4.78 is 0. The van der Waals surface area contributed by atoms with E-state index in [0.29, 0.717) is 5.92 Å². The van der Waals surface area contributed by atoms with Gasteiger partial charge in [0.15, 0.2) is 0 Å². The molecular weight excluding hydrogens is 204 g/mol. The summed E-state index contributed by atoms with van der Waals surface area (Å²) in [5.74, 6) is 0.596. The molecule has 0 saturated carbocycles. The minimum absolute atomic E-state index is 0.165. The summed E-state index contributed by atoms with van der Waals surface area (Å²) in [4.78, 5) is 0. The average molecular weight is 228 g/mol. The number of hydrogen-bond acceptors (Lipinski definition) is 0. The van der Waals surface area contributed by atoms with Gasteiger partial charge in [-0.25, -0.2) is 0 Å². The second kappa shape index (κ2) is 4.68. The van der Waals surface area contributed by atoms with E-state index >= 15 is 0 Å². The molecule has 0 spiro atoms. The van der Waals surface area contributed by atoms with Gasteiger partial charge in [-0.2, -0.15) is 0 Å². The molecule has 0 aliphatic heterocycles. The quantitative estimate of drug-likeness (QED) is 0.620. The van der Waals surface area contributed by atoms with Crippen molar-refractivity contribution >= 4 is 0 Å². The van der Waals surface area contributed by atoms with E-state index in [-0.39, 0.29) is 5.41 Å². The van der Waals surface area contributed by atoms with E-state index in [1.165, 1.54) is 18.4 Å². The van der Waals surface area contributed by atoms with Gasteiger partial charge in [0.25, 0.3) is 0 Å². The Morgan fingerprint density at radius 1 is 1.24 bits per heavy atom. The fourth-order valence-electron chi connectivity index (χ4n) is 3.21. The molecule has 2 unspecified atom stereocenters. The van der Waals surface area contributed by atoms with Gasteiger partial charge in [0.05, 0.1) is 0 Å². The SMILES string of the molecule is CCCC1=C(C2(C)C=CC(CC)=C2)C(C)C=C1. The molecule has 0 aromatic rings. The monoisotopic (exact) mass is 228 g/mol. The van der Waals surface area contributed by atoms with Crippen LogP contribution in [0.3, 0.4) is 0 Å². The highest BCUT2D eigenvalue weighted by Crippen LogP contribution is 2.46. The van der Waals surface area contributed by atoms with Gasteiger partial charge in [0, 0.05) is 5.41 Å². The van der Waals surface area contributed by atoms with Crippen LogP contribution in [0.1, 0.15) is 47.0 Å². The summed E-state index contributed by atoms with van der Waals surface area (Å²) in [5.41, 5.74) is 4.84. The fraction of sp³-hybridized carbons (Fsp3) is 0.529. The average Bonchev–Trinajstić information content (AvgIpc) is 2.84. The highest BCUT2D eigenvalue weighted by molar-refractivity contribution is 5.49. The summed E-state index contributed by atoms with van der Waals surface area (Å²) in [7, 11) is 0. The molecule has 0 saturated heterocycles. The lowest BCUT2D eigenvalue weighted by Crippen LogP contribution is -2.16. The van der Waals surface area contributed by atoms with Crippen LogP contribution in [0, 0.1) is 11.3 Å². The van der Waals surface area contributed by atoms with Crippen LogP contribution in [0.15, 0.2) is 47.1 Å².